The molecule has 41 heavy (non-hydrogen) atoms. The normalized spacial score (nSPS) is 16.0. The second kappa shape index (κ2) is 12.6. The van der Waals surface area contributed by atoms with Gasteiger partial charge in [0.1, 0.15) is 5.69 Å². The number of hydrogen-bond acceptors (Lipinski definition) is 4. The van der Waals surface area contributed by atoms with Gasteiger partial charge in [-0.2, -0.15) is 4.73 Å². The largest absolute Gasteiger partial charge is 0.336 e. The third-order valence-corrected chi connectivity index (χ3v) is 7.40. The van der Waals surface area contributed by atoms with Gasteiger partial charge in [-0.3, -0.25) is 9.69 Å². The molecule has 0 unspecified atom stereocenters. The number of benzene rings is 3. The average molecular weight is 550 g/mol. The van der Waals surface area contributed by atoms with Gasteiger partial charge in [0.25, 0.3) is 5.91 Å². The van der Waals surface area contributed by atoms with Crippen molar-refractivity contribution >= 4 is 11.9 Å². The molecule has 1 fully saturated rings. The average Bonchev–Trinajstić information content (AvgIpc) is 3.36. The van der Waals surface area contributed by atoms with Gasteiger partial charge < -0.3 is 9.74 Å². The van der Waals surface area contributed by atoms with Crippen LogP contribution in [0, 0.1) is 5.41 Å². The van der Waals surface area contributed by atoms with E-state index in [-0.39, 0.29) is 29.8 Å². The first kappa shape index (κ1) is 28.4. The smallest absolute Gasteiger partial charge is 0.333 e. The van der Waals surface area contributed by atoms with Crippen molar-refractivity contribution in [3.8, 4) is 11.3 Å². The highest BCUT2D eigenvalue weighted by Gasteiger charge is 2.33. The van der Waals surface area contributed by atoms with Gasteiger partial charge in [-0.15, -0.1) is 0 Å². The molecule has 1 aliphatic heterocycles. The summed E-state index contributed by atoms with van der Waals surface area (Å²) in [5.74, 6) is -0.379. The summed E-state index contributed by atoms with van der Waals surface area (Å²) in [5, 5.41) is 0. The fourth-order valence-corrected chi connectivity index (χ4v) is 5.50. The summed E-state index contributed by atoms with van der Waals surface area (Å²) in [7, 11) is 0. The number of carbonyl (C=O) groups excluding carboxylic acids is 2. The lowest BCUT2D eigenvalue weighted by Gasteiger charge is -2.42. The molecule has 0 radical (unpaired) electrons. The van der Waals surface area contributed by atoms with Crippen molar-refractivity contribution in [2.45, 2.75) is 46.2 Å². The zero-order chi connectivity index (χ0) is 28.8. The van der Waals surface area contributed by atoms with E-state index in [9.17, 15) is 9.59 Å². The van der Waals surface area contributed by atoms with Gasteiger partial charge in [0, 0.05) is 44.0 Å². The second-order valence-corrected chi connectivity index (χ2v) is 12.0. The highest BCUT2D eigenvalue weighted by Crippen LogP contribution is 2.29. The summed E-state index contributed by atoms with van der Waals surface area (Å²) in [6.07, 6.45) is 2.72. The molecule has 1 aliphatic rings. The van der Waals surface area contributed by atoms with E-state index < -0.39 is 0 Å². The van der Waals surface area contributed by atoms with Gasteiger partial charge in [0.05, 0.1) is 12.0 Å². The molecule has 0 bridgehead atoms. The second-order valence-electron chi connectivity index (χ2n) is 12.0. The molecule has 1 saturated heterocycles. The van der Waals surface area contributed by atoms with Gasteiger partial charge in [-0.25, -0.2) is 4.79 Å². The molecule has 212 valence electrons. The minimum Gasteiger partial charge on any atom is -0.336 e. The summed E-state index contributed by atoms with van der Waals surface area (Å²) in [6, 6.07) is 32.3. The van der Waals surface area contributed by atoms with Crippen LogP contribution in [0.2, 0.25) is 0 Å². The molecule has 0 aliphatic carbocycles. The maximum Gasteiger partial charge on any atom is 0.333 e. The SMILES string of the molecule is CC(C)(C)CC(=O)On1ccc(C(=O)N2CCN(Cc3ccccc3)C[C@H]2Cc2ccccc2)c1-c1ccccc1. The highest BCUT2D eigenvalue weighted by atomic mass is 16.7. The van der Waals surface area contributed by atoms with Crippen LogP contribution in [0.15, 0.2) is 103 Å². The van der Waals surface area contributed by atoms with Crippen LogP contribution in [-0.2, 0) is 17.8 Å². The maximum atomic E-state index is 14.3. The van der Waals surface area contributed by atoms with E-state index >= 15 is 0 Å². The number of amides is 1. The molecule has 3 aromatic carbocycles. The number of rotatable bonds is 8. The van der Waals surface area contributed by atoms with E-state index in [1.807, 2.05) is 80.3 Å². The summed E-state index contributed by atoms with van der Waals surface area (Å²) in [6.45, 7) is 9.03. The molecule has 5 rings (SSSR count). The predicted octanol–water partition coefficient (Wildman–Crippen LogP) is 6.12. The maximum absolute atomic E-state index is 14.3. The Morgan fingerprint density at radius 3 is 2.05 bits per heavy atom. The third-order valence-electron chi connectivity index (χ3n) is 7.40. The predicted molar refractivity (Wildman–Crippen MR) is 162 cm³/mol. The Bertz CT molecular complexity index is 1440. The topological polar surface area (TPSA) is 54.8 Å². The van der Waals surface area contributed by atoms with Crippen LogP contribution in [0.1, 0.15) is 48.7 Å². The van der Waals surface area contributed by atoms with Gasteiger partial charge in [0.15, 0.2) is 0 Å². The van der Waals surface area contributed by atoms with Crippen molar-refractivity contribution in [3.05, 3.63) is 120 Å². The van der Waals surface area contributed by atoms with E-state index in [0.717, 1.165) is 31.6 Å². The van der Waals surface area contributed by atoms with E-state index in [2.05, 4.69) is 41.3 Å². The number of hydrogen-bond donors (Lipinski definition) is 0. The Morgan fingerprint density at radius 2 is 1.41 bits per heavy atom. The Hall–Kier alpha value is -4.16. The molecular formula is C35H39N3O3. The molecular weight excluding hydrogens is 510 g/mol. The summed E-state index contributed by atoms with van der Waals surface area (Å²) < 4.78 is 1.47. The monoisotopic (exact) mass is 549 g/mol. The molecule has 6 nitrogen and oxygen atoms in total. The summed E-state index contributed by atoms with van der Waals surface area (Å²) in [5.41, 5.74) is 4.23. The fraction of sp³-hybridized carbons (Fsp3) is 0.314. The number of nitrogens with zero attached hydrogens (tertiary/aromatic N) is 3. The molecule has 4 aromatic rings. The van der Waals surface area contributed by atoms with Crippen LogP contribution < -0.4 is 4.84 Å². The van der Waals surface area contributed by atoms with Crippen molar-refractivity contribution in [1.29, 1.82) is 0 Å². The van der Waals surface area contributed by atoms with Gasteiger partial charge in [-0.05, 0) is 29.0 Å². The lowest BCUT2D eigenvalue weighted by Crippen LogP contribution is -2.55. The lowest BCUT2D eigenvalue weighted by atomic mass is 9.93. The molecule has 1 aromatic heterocycles. The Kier molecular flexibility index (Phi) is 8.70. The zero-order valence-electron chi connectivity index (χ0n) is 24.2. The first-order chi connectivity index (χ1) is 19.8. The van der Waals surface area contributed by atoms with Crippen molar-refractivity contribution in [2.24, 2.45) is 5.41 Å². The van der Waals surface area contributed by atoms with E-state index in [0.29, 0.717) is 17.8 Å². The van der Waals surface area contributed by atoms with Crippen LogP contribution in [0.5, 0.6) is 0 Å². The quantitative estimate of drug-likeness (QED) is 0.266. The first-order valence-corrected chi connectivity index (χ1v) is 14.4. The molecule has 0 spiro atoms. The molecule has 2 heterocycles. The Labute approximate surface area is 243 Å². The first-order valence-electron chi connectivity index (χ1n) is 14.4. The van der Waals surface area contributed by atoms with Gasteiger partial charge in [-0.1, -0.05) is 112 Å². The summed E-state index contributed by atoms with van der Waals surface area (Å²) in [4.78, 5) is 37.4. The highest BCUT2D eigenvalue weighted by molar-refractivity contribution is 6.00. The Balaban J connectivity index is 1.44. The van der Waals surface area contributed by atoms with Crippen molar-refractivity contribution in [3.63, 3.8) is 0 Å². The van der Waals surface area contributed by atoms with Crippen molar-refractivity contribution in [1.82, 2.24) is 14.5 Å². The minimum atomic E-state index is -0.333. The van der Waals surface area contributed by atoms with Crippen molar-refractivity contribution in [2.75, 3.05) is 19.6 Å². The van der Waals surface area contributed by atoms with Crippen molar-refractivity contribution < 1.29 is 14.4 Å². The number of piperazine rings is 1. The van der Waals surface area contributed by atoms with Crippen LogP contribution >= 0.6 is 0 Å². The van der Waals surface area contributed by atoms with Crippen LogP contribution in [-0.4, -0.2) is 52.1 Å². The van der Waals surface area contributed by atoms with Crippen LogP contribution in [0.3, 0.4) is 0 Å². The van der Waals surface area contributed by atoms with Crippen LogP contribution in [0.4, 0.5) is 0 Å². The molecule has 0 N–H and O–H groups in total. The minimum absolute atomic E-state index is 0.00206. The van der Waals surface area contributed by atoms with E-state index in [4.69, 9.17) is 4.84 Å². The van der Waals surface area contributed by atoms with Gasteiger partial charge >= 0.3 is 5.97 Å². The molecule has 0 saturated carbocycles. The standard InChI is InChI=1S/C35H39N3O3/c1-35(2,3)24-32(39)41-38-20-19-31(33(38)29-17-11-6-12-18-29)34(40)37-22-21-36(25-28-15-9-5-10-16-28)26-30(37)23-27-13-7-4-8-14-27/h4-20,30H,21-26H2,1-3H3/t30-/m1/s1. The zero-order valence-corrected chi connectivity index (χ0v) is 24.2. The molecule has 1 amide bonds. The van der Waals surface area contributed by atoms with E-state index in [1.165, 1.54) is 15.9 Å². The van der Waals surface area contributed by atoms with E-state index in [1.54, 1.807) is 12.3 Å². The number of carbonyl (C=O) groups is 2. The third kappa shape index (κ3) is 7.33. The number of aromatic nitrogens is 1. The fourth-order valence-electron chi connectivity index (χ4n) is 5.50. The van der Waals surface area contributed by atoms with Gasteiger partial charge in [0.2, 0.25) is 0 Å². The lowest BCUT2D eigenvalue weighted by molar-refractivity contribution is -0.146. The molecule has 6 heteroatoms. The Morgan fingerprint density at radius 1 is 0.805 bits per heavy atom. The van der Waals surface area contributed by atoms with Crippen LogP contribution in [0.25, 0.3) is 11.3 Å². The summed E-state index contributed by atoms with van der Waals surface area (Å²) >= 11 is 0. The molecule has 1 atom stereocenters.